The third kappa shape index (κ3) is 3.10. The Morgan fingerprint density at radius 1 is 1.00 bits per heavy atom. The minimum Gasteiger partial charge on any atom is -0.478 e. The second-order valence-electron chi connectivity index (χ2n) is 4.77. The molecule has 1 N–H and O–H groups in total. The maximum Gasteiger partial charge on any atom is 0.336 e. The Morgan fingerprint density at radius 3 is 2.39 bits per heavy atom. The number of fused-ring (bicyclic) bond motifs is 1. The molecule has 116 valence electrons. The first-order valence-corrected chi connectivity index (χ1v) is 7.86. The predicted molar refractivity (Wildman–Crippen MR) is 94.2 cm³/mol. The van der Waals surface area contributed by atoms with E-state index >= 15 is 0 Å². The van der Waals surface area contributed by atoms with Gasteiger partial charge in [-0.15, -0.1) is 0 Å². The van der Waals surface area contributed by atoms with E-state index in [0.29, 0.717) is 37.2 Å². The van der Waals surface area contributed by atoms with E-state index in [1.54, 1.807) is 18.2 Å². The summed E-state index contributed by atoms with van der Waals surface area (Å²) in [6, 6.07) is 9.44. The molecule has 0 aliphatic carbocycles. The number of rotatable bonds is 2. The summed E-state index contributed by atoms with van der Waals surface area (Å²) in [6.07, 6.45) is 0. The van der Waals surface area contributed by atoms with Crippen molar-refractivity contribution in [2.24, 2.45) is 0 Å². The number of aromatic nitrogens is 1. The number of hydrogen-bond donors (Lipinski definition) is 1. The summed E-state index contributed by atoms with van der Waals surface area (Å²) in [6.45, 7) is 0. The van der Waals surface area contributed by atoms with E-state index < -0.39 is 5.97 Å². The molecule has 0 spiro atoms. The zero-order chi connectivity index (χ0) is 16.7. The van der Waals surface area contributed by atoms with Crippen LogP contribution in [0.2, 0.25) is 20.1 Å². The first-order chi connectivity index (χ1) is 10.9. The number of pyridine rings is 1. The molecule has 2 aromatic carbocycles. The van der Waals surface area contributed by atoms with E-state index in [0.717, 1.165) is 0 Å². The van der Waals surface area contributed by atoms with Crippen molar-refractivity contribution in [3.63, 3.8) is 0 Å². The molecule has 23 heavy (non-hydrogen) atoms. The van der Waals surface area contributed by atoms with Crippen LogP contribution < -0.4 is 0 Å². The number of benzene rings is 2. The summed E-state index contributed by atoms with van der Waals surface area (Å²) < 4.78 is 0. The molecule has 7 heteroatoms. The van der Waals surface area contributed by atoms with Crippen LogP contribution in [0, 0.1) is 0 Å². The van der Waals surface area contributed by atoms with Crippen molar-refractivity contribution < 1.29 is 9.90 Å². The molecule has 0 radical (unpaired) electrons. The Kier molecular flexibility index (Phi) is 4.39. The highest BCUT2D eigenvalue weighted by molar-refractivity contribution is 6.42. The number of carboxylic acids is 1. The van der Waals surface area contributed by atoms with Gasteiger partial charge in [-0.05, 0) is 30.3 Å². The monoisotopic (exact) mass is 387 g/mol. The third-order valence-electron chi connectivity index (χ3n) is 3.28. The van der Waals surface area contributed by atoms with Crippen LogP contribution in [-0.2, 0) is 0 Å². The summed E-state index contributed by atoms with van der Waals surface area (Å²) in [7, 11) is 0. The quantitative estimate of drug-likeness (QED) is 0.567. The van der Waals surface area contributed by atoms with E-state index in [-0.39, 0.29) is 10.6 Å². The zero-order valence-corrected chi connectivity index (χ0v) is 14.3. The minimum absolute atomic E-state index is 0.0560. The average Bonchev–Trinajstić information content (AvgIpc) is 2.49. The van der Waals surface area contributed by atoms with E-state index in [1.165, 1.54) is 18.2 Å². The fraction of sp³-hybridized carbons (Fsp3) is 0. The van der Waals surface area contributed by atoms with Gasteiger partial charge in [-0.1, -0.05) is 52.5 Å². The first-order valence-electron chi connectivity index (χ1n) is 6.35. The van der Waals surface area contributed by atoms with Gasteiger partial charge in [0, 0.05) is 16.0 Å². The van der Waals surface area contributed by atoms with Gasteiger partial charge in [0.1, 0.15) is 0 Å². The van der Waals surface area contributed by atoms with Gasteiger partial charge in [-0.2, -0.15) is 0 Å². The summed E-state index contributed by atoms with van der Waals surface area (Å²) in [4.78, 5) is 16.0. The molecule has 3 aromatic rings. The Hall–Kier alpha value is -1.52. The lowest BCUT2D eigenvalue weighted by Crippen LogP contribution is -2.00. The smallest absolute Gasteiger partial charge is 0.336 e. The van der Waals surface area contributed by atoms with E-state index in [4.69, 9.17) is 46.4 Å². The number of nitrogens with zero attached hydrogens (tertiary/aromatic N) is 1. The molecule has 3 nitrogen and oxygen atoms in total. The predicted octanol–water partition coefficient (Wildman–Crippen LogP) is 6.21. The van der Waals surface area contributed by atoms with Crippen molar-refractivity contribution in [1.29, 1.82) is 0 Å². The van der Waals surface area contributed by atoms with Crippen molar-refractivity contribution in [2.45, 2.75) is 0 Å². The molecule has 0 unspecified atom stereocenters. The Morgan fingerprint density at radius 2 is 1.74 bits per heavy atom. The molecular formula is C16H7Cl4NO2. The second kappa shape index (κ2) is 6.17. The molecule has 0 aliphatic rings. The first kappa shape index (κ1) is 16.3. The summed E-state index contributed by atoms with van der Waals surface area (Å²) >= 11 is 24.0. The van der Waals surface area contributed by atoms with Gasteiger partial charge in [0.05, 0.1) is 31.8 Å². The second-order valence-corrected chi connectivity index (χ2v) is 6.43. The van der Waals surface area contributed by atoms with Gasteiger partial charge < -0.3 is 5.11 Å². The number of halogens is 4. The van der Waals surface area contributed by atoms with E-state index in [9.17, 15) is 9.90 Å². The maximum atomic E-state index is 11.6. The van der Waals surface area contributed by atoms with Crippen LogP contribution >= 0.6 is 46.4 Å². The van der Waals surface area contributed by atoms with Crippen LogP contribution in [0.4, 0.5) is 0 Å². The molecular weight excluding hydrogens is 382 g/mol. The normalized spacial score (nSPS) is 11.0. The number of carbonyl (C=O) groups is 1. The van der Waals surface area contributed by atoms with Gasteiger partial charge >= 0.3 is 5.97 Å². The molecule has 0 saturated carbocycles. The standard InChI is InChI=1S/C16H7Cl4NO2/c17-8-4-9-10(16(22)23)6-14(21-15(9)13(20)5-8)7-1-2-11(18)12(19)3-7/h1-6H,(H,22,23)/i14+2. The summed E-state index contributed by atoms with van der Waals surface area (Å²) in [5.74, 6) is -1.10. The van der Waals surface area contributed by atoms with Crippen molar-refractivity contribution in [2.75, 3.05) is 0 Å². The van der Waals surface area contributed by atoms with E-state index in [2.05, 4.69) is 4.98 Å². The highest BCUT2D eigenvalue weighted by Crippen LogP contribution is 2.33. The van der Waals surface area contributed by atoms with Gasteiger partial charge in [0.25, 0.3) is 0 Å². The fourth-order valence-electron chi connectivity index (χ4n) is 2.23. The lowest BCUT2D eigenvalue weighted by atomic mass is 10.1. The van der Waals surface area contributed by atoms with Crippen LogP contribution in [0.1, 0.15) is 10.4 Å². The fourth-order valence-corrected chi connectivity index (χ4v) is 3.07. The molecule has 0 bridgehead atoms. The zero-order valence-electron chi connectivity index (χ0n) is 11.3. The summed E-state index contributed by atoms with van der Waals surface area (Å²) in [5, 5.41) is 11.2. The molecule has 0 amide bonds. The molecule has 0 fully saturated rings. The van der Waals surface area contributed by atoms with Crippen LogP contribution in [0.15, 0.2) is 36.4 Å². The van der Waals surface area contributed by atoms with Crippen molar-refractivity contribution in [3.8, 4) is 11.3 Å². The lowest BCUT2D eigenvalue weighted by Gasteiger charge is -2.09. The topological polar surface area (TPSA) is 50.2 Å². The Labute approximate surface area is 151 Å². The van der Waals surface area contributed by atoms with Crippen LogP contribution in [0.25, 0.3) is 22.2 Å². The highest BCUT2D eigenvalue weighted by Gasteiger charge is 2.16. The van der Waals surface area contributed by atoms with Crippen molar-refractivity contribution in [1.82, 2.24) is 4.98 Å². The molecule has 0 atom stereocenters. The van der Waals surface area contributed by atoms with Gasteiger partial charge in [0.15, 0.2) is 0 Å². The highest BCUT2D eigenvalue weighted by atomic mass is 35.5. The third-order valence-corrected chi connectivity index (χ3v) is 4.52. The van der Waals surface area contributed by atoms with Gasteiger partial charge in [-0.3, -0.25) is 0 Å². The van der Waals surface area contributed by atoms with Crippen LogP contribution in [0.5, 0.6) is 0 Å². The number of aromatic carboxylic acids is 1. The van der Waals surface area contributed by atoms with Crippen molar-refractivity contribution >= 4 is 63.3 Å². The Balaban J connectivity index is 2.34. The molecule has 0 aliphatic heterocycles. The molecule has 3 rings (SSSR count). The van der Waals surface area contributed by atoms with Gasteiger partial charge in [0.2, 0.25) is 0 Å². The van der Waals surface area contributed by atoms with E-state index in [1.807, 2.05) is 0 Å². The van der Waals surface area contributed by atoms with Crippen molar-refractivity contribution in [3.05, 3.63) is 62.1 Å². The average molecular weight is 389 g/mol. The lowest BCUT2D eigenvalue weighted by molar-refractivity contribution is 0.0699. The number of carboxylic acid groups (broad SMARTS) is 1. The van der Waals surface area contributed by atoms with Crippen LogP contribution in [-0.4, -0.2) is 16.1 Å². The van der Waals surface area contributed by atoms with Crippen LogP contribution in [0.3, 0.4) is 0 Å². The molecule has 0 saturated heterocycles. The number of hydrogen-bond acceptors (Lipinski definition) is 2. The molecule has 1 aromatic heterocycles. The largest absolute Gasteiger partial charge is 0.478 e. The SMILES string of the molecule is O=C(O)c1c[14c](-c2ccc(Cl)c(Cl)c2)nc2c(Cl)cc(Cl)cc12. The molecule has 1 heterocycles. The minimum atomic E-state index is -1.10. The maximum absolute atomic E-state index is 11.6. The summed E-state index contributed by atoms with van der Waals surface area (Å²) in [5.41, 5.74) is 1.48. The Bertz CT molecular complexity index is 956. The van der Waals surface area contributed by atoms with Gasteiger partial charge in [-0.25, -0.2) is 9.78 Å².